The molecule has 0 aliphatic carbocycles. The second-order valence-corrected chi connectivity index (χ2v) is 5.39. The average Bonchev–Trinajstić information content (AvgIpc) is 2.56. The second-order valence-electron chi connectivity index (χ2n) is 5.39. The van der Waals surface area contributed by atoms with Crippen LogP contribution in [0.3, 0.4) is 0 Å². The van der Waals surface area contributed by atoms with E-state index in [0.717, 1.165) is 22.4 Å². The van der Waals surface area contributed by atoms with E-state index in [0.29, 0.717) is 26.2 Å². The van der Waals surface area contributed by atoms with Crippen LogP contribution in [0.15, 0.2) is 35.1 Å². The van der Waals surface area contributed by atoms with Gasteiger partial charge in [0.05, 0.1) is 12.3 Å². The van der Waals surface area contributed by atoms with Gasteiger partial charge in [0.1, 0.15) is 6.10 Å². The number of ether oxygens (including phenoxy) is 2. The Bertz CT molecular complexity index is 665. The largest absolute Gasteiger partial charge is 0.379 e. The quantitative estimate of drug-likeness (QED) is 0.813. The number of nitrogens with one attached hydrogen (secondary N) is 1. The van der Waals surface area contributed by atoms with Crippen molar-refractivity contribution in [2.75, 3.05) is 19.8 Å². The summed E-state index contributed by atoms with van der Waals surface area (Å²) in [5.74, 6) is 0. The summed E-state index contributed by atoms with van der Waals surface area (Å²) >= 11 is 0. The van der Waals surface area contributed by atoms with Gasteiger partial charge in [-0.15, -0.1) is 0 Å². The SMILES string of the molecule is CCOC[C@@H](OCC)c1ccc(Cc2cc(C)n[nH]c2=O)cc1. The maximum Gasteiger partial charge on any atom is 0.267 e. The Morgan fingerprint density at radius 1 is 1.17 bits per heavy atom. The third-order valence-corrected chi connectivity index (χ3v) is 3.60. The number of benzene rings is 1. The van der Waals surface area contributed by atoms with E-state index >= 15 is 0 Å². The van der Waals surface area contributed by atoms with E-state index in [1.807, 2.05) is 51.1 Å². The van der Waals surface area contributed by atoms with Crippen LogP contribution >= 0.6 is 0 Å². The molecule has 1 heterocycles. The first-order chi connectivity index (χ1) is 11.1. The van der Waals surface area contributed by atoms with Crippen molar-refractivity contribution >= 4 is 0 Å². The molecule has 124 valence electrons. The highest BCUT2D eigenvalue weighted by Crippen LogP contribution is 2.19. The molecule has 1 atom stereocenters. The summed E-state index contributed by atoms with van der Waals surface area (Å²) in [4.78, 5) is 11.8. The molecule has 0 amide bonds. The van der Waals surface area contributed by atoms with E-state index < -0.39 is 0 Å². The first-order valence-corrected chi connectivity index (χ1v) is 7.97. The summed E-state index contributed by atoms with van der Waals surface area (Å²) < 4.78 is 11.2. The minimum atomic E-state index is -0.136. The zero-order valence-corrected chi connectivity index (χ0v) is 14.0. The van der Waals surface area contributed by atoms with Gasteiger partial charge in [0.25, 0.3) is 5.56 Å². The summed E-state index contributed by atoms with van der Waals surface area (Å²) in [7, 11) is 0. The van der Waals surface area contributed by atoms with E-state index in [1.165, 1.54) is 0 Å². The summed E-state index contributed by atoms with van der Waals surface area (Å²) in [5.41, 5.74) is 3.56. The fourth-order valence-corrected chi connectivity index (χ4v) is 2.43. The maximum absolute atomic E-state index is 11.8. The van der Waals surface area contributed by atoms with Gasteiger partial charge in [0.15, 0.2) is 0 Å². The summed E-state index contributed by atoms with van der Waals surface area (Å²) in [5, 5.41) is 6.42. The van der Waals surface area contributed by atoms with Gasteiger partial charge in [-0.05, 0) is 38.0 Å². The van der Waals surface area contributed by atoms with Gasteiger partial charge in [-0.1, -0.05) is 24.3 Å². The molecule has 0 aliphatic rings. The molecule has 1 aromatic heterocycles. The van der Waals surface area contributed by atoms with Crippen LogP contribution < -0.4 is 5.56 Å². The molecular weight excluding hydrogens is 292 g/mol. The number of aromatic amines is 1. The molecule has 0 spiro atoms. The van der Waals surface area contributed by atoms with Crippen molar-refractivity contribution in [2.24, 2.45) is 0 Å². The second kappa shape index (κ2) is 8.60. The molecule has 1 aromatic carbocycles. The number of hydrogen-bond donors (Lipinski definition) is 1. The lowest BCUT2D eigenvalue weighted by Gasteiger charge is -2.17. The molecule has 0 saturated carbocycles. The highest BCUT2D eigenvalue weighted by molar-refractivity contribution is 5.29. The van der Waals surface area contributed by atoms with Gasteiger partial charge in [-0.3, -0.25) is 4.79 Å². The number of aryl methyl sites for hydroxylation is 1. The van der Waals surface area contributed by atoms with Crippen LogP contribution in [-0.4, -0.2) is 30.0 Å². The molecule has 0 aliphatic heterocycles. The average molecular weight is 316 g/mol. The van der Waals surface area contributed by atoms with E-state index in [1.54, 1.807) is 0 Å². The van der Waals surface area contributed by atoms with Gasteiger partial charge >= 0.3 is 0 Å². The van der Waals surface area contributed by atoms with Crippen LogP contribution in [0.5, 0.6) is 0 Å². The van der Waals surface area contributed by atoms with Crippen molar-refractivity contribution in [3.63, 3.8) is 0 Å². The van der Waals surface area contributed by atoms with E-state index in [4.69, 9.17) is 9.47 Å². The lowest BCUT2D eigenvalue weighted by Crippen LogP contribution is -2.15. The predicted octanol–water partition coefficient (Wildman–Crippen LogP) is 2.78. The van der Waals surface area contributed by atoms with Gasteiger partial charge < -0.3 is 9.47 Å². The van der Waals surface area contributed by atoms with Crippen molar-refractivity contribution < 1.29 is 9.47 Å². The fourth-order valence-electron chi connectivity index (χ4n) is 2.43. The van der Waals surface area contributed by atoms with E-state index in [-0.39, 0.29) is 11.7 Å². The highest BCUT2D eigenvalue weighted by Gasteiger charge is 2.12. The standard InChI is InChI=1S/C18H24N2O3/c1-4-22-12-17(23-5-2)15-8-6-14(7-9-15)11-16-10-13(3)19-20-18(16)21/h6-10,17H,4-5,11-12H2,1-3H3,(H,20,21)/t17-/m1/s1. The van der Waals surface area contributed by atoms with Crippen LogP contribution in [0.2, 0.25) is 0 Å². The van der Waals surface area contributed by atoms with Crippen LogP contribution in [0, 0.1) is 6.92 Å². The number of rotatable bonds is 8. The Labute approximate surface area is 136 Å². The summed E-state index contributed by atoms with van der Waals surface area (Å²) in [6.45, 7) is 7.68. The molecule has 0 unspecified atom stereocenters. The molecule has 23 heavy (non-hydrogen) atoms. The van der Waals surface area contributed by atoms with E-state index in [2.05, 4.69) is 10.2 Å². The molecule has 0 bridgehead atoms. The van der Waals surface area contributed by atoms with Crippen molar-refractivity contribution in [1.82, 2.24) is 10.2 Å². The number of nitrogens with zero attached hydrogens (tertiary/aromatic N) is 1. The zero-order chi connectivity index (χ0) is 16.7. The van der Waals surface area contributed by atoms with Gasteiger partial charge in [-0.25, -0.2) is 5.10 Å². The summed E-state index contributed by atoms with van der Waals surface area (Å²) in [6.07, 6.45) is 0.532. The lowest BCUT2D eigenvalue weighted by atomic mass is 10.0. The Balaban J connectivity index is 2.11. The van der Waals surface area contributed by atoms with Crippen LogP contribution in [-0.2, 0) is 15.9 Å². The summed E-state index contributed by atoms with van der Waals surface area (Å²) in [6, 6.07) is 9.96. The molecule has 5 nitrogen and oxygen atoms in total. The Morgan fingerprint density at radius 2 is 1.91 bits per heavy atom. The lowest BCUT2D eigenvalue weighted by molar-refractivity contribution is -0.00974. The van der Waals surface area contributed by atoms with Gasteiger partial charge in [-0.2, -0.15) is 5.10 Å². The molecule has 0 saturated heterocycles. The van der Waals surface area contributed by atoms with Gasteiger partial charge in [0, 0.05) is 25.2 Å². The predicted molar refractivity (Wildman–Crippen MR) is 89.7 cm³/mol. The molecule has 5 heteroatoms. The highest BCUT2D eigenvalue weighted by atomic mass is 16.5. The first-order valence-electron chi connectivity index (χ1n) is 7.97. The third-order valence-electron chi connectivity index (χ3n) is 3.60. The number of H-pyrrole nitrogens is 1. The Morgan fingerprint density at radius 3 is 2.57 bits per heavy atom. The van der Waals surface area contributed by atoms with Crippen LogP contribution in [0.25, 0.3) is 0 Å². The minimum absolute atomic E-state index is 0.0550. The van der Waals surface area contributed by atoms with E-state index in [9.17, 15) is 4.79 Å². The first kappa shape index (κ1) is 17.4. The molecular formula is C18H24N2O3. The normalized spacial score (nSPS) is 12.3. The van der Waals surface area contributed by atoms with Crippen molar-refractivity contribution in [2.45, 2.75) is 33.3 Å². The monoisotopic (exact) mass is 316 g/mol. The van der Waals surface area contributed by atoms with Crippen molar-refractivity contribution in [3.05, 3.63) is 63.1 Å². The van der Waals surface area contributed by atoms with Crippen molar-refractivity contribution in [3.8, 4) is 0 Å². The fraction of sp³-hybridized carbons (Fsp3) is 0.444. The molecule has 1 N–H and O–H groups in total. The smallest absolute Gasteiger partial charge is 0.267 e. The molecule has 2 aromatic rings. The minimum Gasteiger partial charge on any atom is -0.379 e. The number of hydrogen-bond acceptors (Lipinski definition) is 4. The Kier molecular flexibility index (Phi) is 6.50. The Hall–Kier alpha value is -1.98. The molecule has 0 fully saturated rings. The third kappa shape index (κ3) is 5.01. The van der Waals surface area contributed by atoms with Crippen LogP contribution in [0.1, 0.15) is 42.3 Å². The maximum atomic E-state index is 11.8. The van der Waals surface area contributed by atoms with Crippen molar-refractivity contribution in [1.29, 1.82) is 0 Å². The number of aromatic nitrogens is 2. The molecule has 0 radical (unpaired) electrons. The zero-order valence-electron chi connectivity index (χ0n) is 14.0. The van der Waals surface area contributed by atoms with Gasteiger partial charge in [0.2, 0.25) is 0 Å². The van der Waals surface area contributed by atoms with Crippen LogP contribution in [0.4, 0.5) is 0 Å². The molecule has 2 rings (SSSR count). The topological polar surface area (TPSA) is 64.2 Å².